The van der Waals surface area contributed by atoms with Gasteiger partial charge in [0, 0.05) is 12.1 Å². The fourth-order valence-electron chi connectivity index (χ4n) is 2.14. The van der Waals surface area contributed by atoms with Crippen LogP contribution in [0.5, 0.6) is 5.75 Å². The molecule has 20 heavy (non-hydrogen) atoms. The lowest BCUT2D eigenvalue weighted by Gasteiger charge is -2.32. The predicted octanol–water partition coefficient (Wildman–Crippen LogP) is 1.52. The average molecular weight is 274 g/mol. The van der Waals surface area contributed by atoms with Crippen LogP contribution in [0.3, 0.4) is 0 Å². The van der Waals surface area contributed by atoms with E-state index in [-0.39, 0.29) is 11.7 Å². The van der Waals surface area contributed by atoms with Crippen LogP contribution in [0.15, 0.2) is 30.9 Å². The predicted molar refractivity (Wildman–Crippen MR) is 77.1 cm³/mol. The van der Waals surface area contributed by atoms with Crippen molar-refractivity contribution in [2.45, 2.75) is 26.0 Å². The number of carbonyl (C=O) groups is 2. The third-order valence-corrected chi connectivity index (χ3v) is 3.18. The quantitative estimate of drug-likeness (QED) is 0.667. The fourth-order valence-corrected chi connectivity index (χ4v) is 2.14. The van der Waals surface area contributed by atoms with Crippen LogP contribution >= 0.6 is 0 Å². The molecule has 0 bridgehead atoms. The van der Waals surface area contributed by atoms with E-state index in [9.17, 15) is 9.59 Å². The second kappa shape index (κ2) is 5.46. The first-order valence-electron chi connectivity index (χ1n) is 6.48. The van der Waals surface area contributed by atoms with Crippen molar-refractivity contribution in [2.75, 3.05) is 11.4 Å². The van der Waals surface area contributed by atoms with Gasteiger partial charge in [-0.3, -0.25) is 9.59 Å². The highest BCUT2D eigenvalue weighted by molar-refractivity contribution is 6.04. The Morgan fingerprint density at radius 2 is 2.30 bits per heavy atom. The Bertz CT molecular complexity index is 566. The lowest BCUT2D eigenvalue weighted by molar-refractivity contribution is -0.125. The molecule has 106 valence electrons. The Labute approximate surface area is 118 Å². The minimum atomic E-state index is -0.583. The zero-order valence-corrected chi connectivity index (χ0v) is 11.6. The Morgan fingerprint density at radius 1 is 1.60 bits per heavy atom. The number of fused-ring (bicyclic) bond motifs is 1. The monoisotopic (exact) mass is 274 g/mol. The molecule has 2 N–H and O–H groups in total. The summed E-state index contributed by atoms with van der Waals surface area (Å²) in [5.74, 6) is 0.264. The van der Waals surface area contributed by atoms with Crippen LogP contribution in [0.4, 0.5) is 5.69 Å². The summed E-state index contributed by atoms with van der Waals surface area (Å²) < 4.78 is 5.55. The van der Waals surface area contributed by atoms with Gasteiger partial charge in [-0.05, 0) is 32.0 Å². The van der Waals surface area contributed by atoms with Crippen molar-refractivity contribution in [3.05, 3.63) is 36.4 Å². The average Bonchev–Trinajstić information content (AvgIpc) is 2.42. The van der Waals surface area contributed by atoms with Crippen molar-refractivity contribution < 1.29 is 14.3 Å². The molecule has 1 aliphatic heterocycles. The molecule has 2 atom stereocenters. The Hall–Kier alpha value is -2.14. The highest BCUT2D eigenvalue weighted by atomic mass is 16.5. The third kappa shape index (κ3) is 2.44. The summed E-state index contributed by atoms with van der Waals surface area (Å²) in [5, 5.41) is 0. The summed E-state index contributed by atoms with van der Waals surface area (Å²) in [6.45, 7) is 7.35. The van der Waals surface area contributed by atoms with Gasteiger partial charge in [0.15, 0.2) is 11.9 Å². The maximum absolute atomic E-state index is 12.1. The van der Waals surface area contributed by atoms with Crippen LogP contribution < -0.4 is 15.4 Å². The van der Waals surface area contributed by atoms with Gasteiger partial charge in [0.2, 0.25) is 0 Å². The molecule has 2 rings (SSSR count). The topological polar surface area (TPSA) is 72.6 Å². The molecule has 1 heterocycles. The molecule has 1 aromatic carbocycles. The highest BCUT2D eigenvalue weighted by Crippen LogP contribution is 2.35. The minimum absolute atomic E-state index is 0.150. The molecule has 0 spiro atoms. The molecule has 2 unspecified atom stereocenters. The fraction of sp³-hybridized carbons (Fsp3) is 0.333. The van der Waals surface area contributed by atoms with Crippen LogP contribution in [0.2, 0.25) is 0 Å². The van der Waals surface area contributed by atoms with Gasteiger partial charge >= 0.3 is 0 Å². The Balaban J connectivity index is 2.47. The van der Waals surface area contributed by atoms with E-state index in [0.29, 0.717) is 23.5 Å². The Kier molecular flexibility index (Phi) is 3.90. The van der Waals surface area contributed by atoms with E-state index in [1.54, 1.807) is 43.0 Å². The molecule has 1 aromatic rings. The molecular weight excluding hydrogens is 256 g/mol. The summed E-state index contributed by atoms with van der Waals surface area (Å²) in [7, 11) is 0. The van der Waals surface area contributed by atoms with Gasteiger partial charge < -0.3 is 15.4 Å². The molecule has 0 aromatic heterocycles. The molecule has 0 fully saturated rings. The number of ketones is 1. The molecule has 0 saturated carbocycles. The van der Waals surface area contributed by atoms with Gasteiger partial charge in [-0.2, -0.15) is 0 Å². The first-order chi connectivity index (χ1) is 9.45. The maximum atomic E-state index is 12.1. The SMILES string of the molecule is C=CCN1C(=O)C(C)Oc2ccc(C(=O)C(C)N)cc21. The number of carbonyl (C=O) groups excluding carboxylic acids is 2. The smallest absolute Gasteiger partial charge is 0.268 e. The van der Waals surface area contributed by atoms with Crippen LogP contribution in [-0.4, -0.2) is 30.4 Å². The van der Waals surface area contributed by atoms with Crippen molar-refractivity contribution in [1.29, 1.82) is 0 Å². The number of benzene rings is 1. The van der Waals surface area contributed by atoms with Crippen LogP contribution in [0, 0.1) is 0 Å². The third-order valence-electron chi connectivity index (χ3n) is 3.18. The molecule has 1 amide bonds. The highest BCUT2D eigenvalue weighted by Gasteiger charge is 2.31. The molecular formula is C15H18N2O3. The Morgan fingerprint density at radius 3 is 2.90 bits per heavy atom. The van der Waals surface area contributed by atoms with Crippen molar-refractivity contribution >= 4 is 17.4 Å². The number of rotatable bonds is 4. The lowest BCUT2D eigenvalue weighted by Crippen LogP contribution is -2.44. The van der Waals surface area contributed by atoms with E-state index in [1.807, 2.05) is 0 Å². The first kappa shape index (κ1) is 14.3. The summed E-state index contributed by atoms with van der Waals surface area (Å²) in [6, 6.07) is 4.43. The zero-order chi connectivity index (χ0) is 14.9. The number of anilines is 1. The standard InChI is InChI=1S/C15H18N2O3/c1-4-7-17-12-8-11(14(18)9(2)16)5-6-13(12)20-10(3)15(17)19/h4-6,8-10H,1,7,16H2,2-3H3. The number of nitrogens with zero attached hydrogens (tertiary/aromatic N) is 1. The molecule has 5 nitrogen and oxygen atoms in total. The number of hydrogen-bond acceptors (Lipinski definition) is 4. The van der Waals surface area contributed by atoms with Gasteiger partial charge in [0.05, 0.1) is 11.7 Å². The first-order valence-corrected chi connectivity index (χ1v) is 6.48. The van der Waals surface area contributed by atoms with Crippen LogP contribution in [0.1, 0.15) is 24.2 Å². The van der Waals surface area contributed by atoms with Gasteiger partial charge in [0.1, 0.15) is 5.75 Å². The maximum Gasteiger partial charge on any atom is 0.268 e. The molecule has 0 aliphatic carbocycles. The van der Waals surface area contributed by atoms with E-state index in [1.165, 1.54) is 0 Å². The van der Waals surface area contributed by atoms with Gasteiger partial charge in [0.25, 0.3) is 5.91 Å². The summed E-state index contributed by atoms with van der Waals surface area (Å²) >= 11 is 0. The second-order valence-electron chi connectivity index (χ2n) is 4.83. The van der Waals surface area contributed by atoms with Crippen molar-refractivity contribution in [3.8, 4) is 5.75 Å². The molecule has 0 radical (unpaired) electrons. The number of nitrogens with two attached hydrogens (primary N) is 1. The zero-order valence-electron chi connectivity index (χ0n) is 11.6. The van der Waals surface area contributed by atoms with Crippen molar-refractivity contribution in [2.24, 2.45) is 5.73 Å². The largest absolute Gasteiger partial charge is 0.479 e. The van der Waals surface area contributed by atoms with Gasteiger partial charge in [-0.15, -0.1) is 6.58 Å². The molecule has 0 saturated heterocycles. The second-order valence-corrected chi connectivity index (χ2v) is 4.83. The molecule has 5 heteroatoms. The van der Waals surface area contributed by atoms with E-state index < -0.39 is 12.1 Å². The summed E-state index contributed by atoms with van der Waals surface area (Å²) in [6.07, 6.45) is 1.09. The molecule has 1 aliphatic rings. The van der Waals surface area contributed by atoms with Gasteiger partial charge in [-0.25, -0.2) is 0 Å². The number of hydrogen-bond donors (Lipinski definition) is 1. The normalized spacial score (nSPS) is 19.1. The number of ether oxygens (including phenoxy) is 1. The van der Waals surface area contributed by atoms with Crippen LogP contribution in [-0.2, 0) is 4.79 Å². The van der Waals surface area contributed by atoms with E-state index in [4.69, 9.17) is 10.5 Å². The lowest BCUT2D eigenvalue weighted by atomic mass is 10.0. The van der Waals surface area contributed by atoms with Crippen molar-refractivity contribution in [1.82, 2.24) is 0 Å². The van der Waals surface area contributed by atoms with Crippen molar-refractivity contribution in [3.63, 3.8) is 0 Å². The van der Waals surface area contributed by atoms with E-state index >= 15 is 0 Å². The van der Waals surface area contributed by atoms with Gasteiger partial charge in [-0.1, -0.05) is 6.08 Å². The summed E-state index contributed by atoms with van der Waals surface area (Å²) in [4.78, 5) is 25.7. The number of Topliss-reactive ketones (excluding diaryl/α,β-unsaturated/α-hetero) is 1. The van der Waals surface area contributed by atoms with E-state index in [2.05, 4.69) is 6.58 Å². The minimum Gasteiger partial charge on any atom is -0.479 e. The van der Waals surface area contributed by atoms with E-state index in [0.717, 1.165) is 0 Å². The number of amides is 1. The van der Waals surface area contributed by atoms with Crippen LogP contribution in [0.25, 0.3) is 0 Å². The summed E-state index contributed by atoms with van der Waals surface area (Å²) in [5.41, 5.74) is 6.66.